The Morgan fingerprint density at radius 2 is 1.48 bits per heavy atom. The molecule has 1 aliphatic carbocycles. The molecule has 1 aliphatic rings. The fourth-order valence-electron chi connectivity index (χ4n) is 3.87. The third kappa shape index (κ3) is 3.19. The molecule has 0 unspecified atom stereocenters. The number of aryl methyl sites for hydroxylation is 1. The summed E-state index contributed by atoms with van der Waals surface area (Å²) in [7, 11) is 0. The lowest BCUT2D eigenvalue weighted by atomic mass is 9.65. The lowest BCUT2D eigenvalue weighted by Gasteiger charge is -2.40. The Kier molecular flexibility index (Phi) is 4.36. The second-order valence-electron chi connectivity index (χ2n) is 7.56. The molecule has 1 saturated carbocycles. The average molecular weight is 400 g/mol. The summed E-state index contributed by atoms with van der Waals surface area (Å²) >= 11 is 1.79. The fourth-order valence-corrected chi connectivity index (χ4v) is 5.04. The summed E-state index contributed by atoms with van der Waals surface area (Å²) in [5, 5.41) is 1.20. The molecule has 29 heavy (non-hydrogen) atoms. The fraction of sp³-hybridized carbons (Fsp3) is 0.217. The Morgan fingerprint density at radius 1 is 0.793 bits per heavy atom. The van der Waals surface area contributed by atoms with Crippen molar-refractivity contribution >= 4 is 17.3 Å². The average Bonchev–Trinajstić information content (AvgIpc) is 3.19. The van der Waals surface area contributed by atoms with Gasteiger partial charge in [0.05, 0.1) is 4.88 Å². The van der Waals surface area contributed by atoms with Crippen molar-refractivity contribution in [1.82, 2.24) is 19.9 Å². The Balaban J connectivity index is 1.46. The number of nitrogen functional groups attached to an aromatic ring is 1. The minimum Gasteiger partial charge on any atom is -0.368 e. The maximum Gasteiger partial charge on any atom is 0.219 e. The van der Waals surface area contributed by atoms with E-state index in [1.54, 1.807) is 23.7 Å². The van der Waals surface area contributed by atoms with E-state index >= 15 is 0 Å². The van der Waals surface area contributed by atoms with E-state index < -0.39 is 0 Å². The van der Waals surface area contributed by atoms with E-state index in [-0.39, 0.29) is 5.41 Å². The van der Waals surface area contributed by atoms with Gasteiger partial charge in [-0.2, -0.15) is 0 Å². The second-order valence-corrected chi connectivity index (χ2v) is 8.59. The first-order valence-electron chi connectivity index (χ1n) is 9.72. The van der Waals surface area contributed by atoms with Crippen LogP contribution in [0, 0.1) is 6.92 Å². The number of thiazole rings is 1. The second kappa shape index (κ2) is 7.04. The highest BCUT2D eigenvalue weighted by atomic mass is 32.1. The molecule has 3 aromatic heterocycles. The smallest absolute Gasteiger partial charge is 0.219 e. The molecule has 0 amide bonds. The van der Waals surface area contributed by atoms with Gasteiger partial charge in [0.1, 0.15) is 5.01 Å². The summed E-state index contributed by atoms with van der Waals surface area (Å²) in [5.74, 6) is 0.294. The number of benzene rings is 1. The van der Waals surface area contributed by atoms with Crippen molar-refractivity contribution in [1.29, 1.82) is 0 Å². The van der Waals surface area contributed by atoms with Crippen LogP contribution in [-0.4, -0.2) is 19.9 Å². The van der Waals surface area contributed by atoms with E-state index in [2.05, 4.69) is 45.3 Å². The summed E-state index contributed by atoms with van der Waals surface area (Å²) in [5.41, 5.74) is 11.2. The number of aromatic nitrogens is 4. The lowest BCUT2D eigenvalue weighted by molar-refractivity contribution is 0.300. The van der Waals surface area contributed by atoms with E-state index in [4.69, 9.17) is 10.7 Å². The van der Waals surface area contributed by atoms with Crippen LogP contribution in [0.5, 0.6) is 0 Å². The maximum absolute atomic E-state index is 5.60. The van der Waals surface area contributed by atoms with Crippen LogP contribution in [0.3, 0.4) is 0 Å². The summed E-state index contributed by atoms with van der Waals surface area (Å²) in [6.07, 6.45) is 11.0. The number of pyridine rings is 1. The van der Waals surface area contributed by atoms with E-state index in [0.29, 0.717) is 5.95 Å². The molecule has 4 aromatic rings. The zero-order valence-corrected chi connectivity index (χ0v) is 17.0. The Labute approximate surface area is 173 Å². The molecule has 5 nitrogen and oxygen atoms in total. The van der Waals surface area contributed by atoms with E-state index in [9.17, 15) is 0 Å². The van der Waals surface area contributed by atoms with E-state index in [1.807, 2.05) is 25.4 Å². The third-order valence-electron chi connectivity index (χ3n) is 5.76. The first-order valence-corrected chi connectivity index (χ1v) is 10.5. The molecule has 2 N–H and O–H groups in total. The van der Waals surface area contributed by atoms with Gasteiger partial charge in [0.2, 0.25) is 5.95 Å². The molecule has 0 bridgehead atoms. The van der Waals surface area contributed by atoms with Crippen LogP contribution in [-0.2, 0) is 5.41 Å². The number of nitrogens with zero attached hydrogens (tertiary/aromatic N) is 4. The number of anilines is 1. The van der Waals surface area contributed by atoms with Gasteiger partial charge in [-0.05, 0) is 37.0 Å². The van der Waals surface area contributed by atoms with Crippen molar-refractivity contribution in [2.45, 2.75) is 31.6 Å². The Bertz CT molecular complexity index is 1130. The van der Waals surface area contributed by atoms with Gasteiger partial charge >= 0.3 is 0 Å². The van der Waals surface area contributed by atoms with Crippen LogP contribution >= 0.6 is 11.3 Å². The minimum atomic E-state index is 0.0250. The molecule has 0 atom stereocenters. The number of nitrogens with two attached hydrogens (primary N) is 1. The molecule has 1 aromatic carbocycles. The largest absolute Gasteiger partial charge is 0.368 e. The molecule has 0 aliphatic heterocycles. The summed E-state index contributed by atoms with van der Waals surface area (Å²) in [4.78, 5) is 18.6. The van der Waals surface area contributed by atoms with Gasteiger partial charge in [-0.25, -0.2) is 15.0 Å². The van der Waals surface area contributed by atoms with E-state index in [1.165, 1.54) is 21.9 Å². The number of hydrogen-bond acceptors (Lipinski definition) is 6. The Hall–Kier alpha value is -3.12. The predicted molar refractivity (Wildman–Crippen MR) is 117 cm³/mol. The van der Waals surface area contributed by atoms with Crippen LogP contribution in [0.4, 0.5) is 5.95 Å². The lowest BCUT2D eigenvalue weighted by Crippen LogP contribution is -2.35. The standard InChI is InChI=1S/C23H21N5S/c1-15-3-4-17(11-25-15)20-14-26-21(29-20)23(9-2-10-23)19-7-5-16(6-8-19)18-12-27-22(24)28-13-18/h3-8,11-14H,2,9-10H2,1H3,(H2,24,27,28). The predicted octanol–water partition coefficient (Wildman–Crippen LogP) is 5.02. The zero-order chi connectivity index (χ0) is 19.8. The first kappa shape index (κ1) is 17.9. The van der Waals surface area contributed by atoms with Crippen molar-refractivity contribution < 1.29 is 0 Å². The van der Waals surface area contributed by atoms with Crippen LogP contribution < -0.4 is 5.73 Å². The van der Waals surface area contributed by atoms with Gasteiger partial charge in [0.15, 0.2) is 0 Å². The molecule has 1 fully saturated rings. The van der Waals surface area contributed by atoms with Crippen molar-refractivity contribution in [3.05, 3.63) is 77.5 Å². The SMILES string of the molecule is Cc1ccc(-c2cnc(C3(c4ccc(-c5cnc(N)nc5)cc4)CCC3)s2)cn1. The highest BCUT2D eigenvalue weighted by Gasteiger charge is 2.42. The molecule has 3 heterocycles. The molecule has 0 spiro atoms. The normalized spacial score (nSPS) is 15.1. The van der Waals surface area contributed by atoms with Gasteiger partial charge in [-0.15, -0.1) is 11.3 Å². The van der Waals surface area contributed by atoms with Crippen LogP contribution in [0.1, 0.15) is 35.5 Å². The highest BCUT2D eigenvalue weighted by Crippen LogP contribution is 2.51. The topological polar surface area (TPSA) is 77.6 Å². The van der Waals surface area contributed by atoms with Gasteiger partial charge in [0, 0.05) is 47.0 Å². The molecule has 0 radical (unpaired) electrons. The minimum absolute atomic E-state index is 0.0250. The van der Waals surface area contributed by atoms with Gasteiger partial charge < -0.3 is 5.73 Å². The monoisotopic (exact) mass is 399 g/mol. The van der Waals surface area contributed by atoms with Gasteiger partial charge in [-0.1, -0.05) is 36.8 Å². The summed E-state index contributed by atoms with van der Waals surface area (Å²) < 4.78 is 0. The van der Waals surface area contributed by atoms with Gasteiger partial charge in [0.25, 0.3) is 0 Å². The van der Waals surface area contributed by atoms with Crippen LogP contribution in [0.2, 0.25) is 0 Å². The summed E-state index contributed by atoms with van der Waals surface area (Å²) in [6, 6.07) is 12.9. The third-order valence-corrected chi connectivity index (χ3v) is 7.01. The van der Waals surface area contributed by atoms with Gasteiger partial charge in [-0.3, -0.25) is 4.98 Å². The summed E-state index contributed by atoms with van der Waals surface area (Å²) in [6.45, 7) is 2.01. The maximum atomic E-state index is 5.60. The van der Waals surface area contributed by atoms with Crippen molar-refractivity contribution in [3.63, 3.8) is 0 Å². The van der Waals surface area contributed by atoms with Crippen molar-refractivity contribution in [2.75, 3.05) is 5.73 Å². The first-order chi connectivity index (χ1) is 14.1. The Morgan fingerprint density at radius 3 is 2.10 bits per heavy atom. The zero-order valence-electron chi connectivity index (χ0n) is 16.2. The molecule has 5 rings (SSSR count). The molecular formula is C23H21N5S. The van der Waals surface area contributed by atoms with Crippen molar-refractivity contribution in [2.24, 2.45) is 0 Å². The molecule has 6 heteroatoms. The molecular weight excluding hydrogens is 378 g/mol. The molecule has 0 saturated heterocycles. The van der Waals surface area contributed by atoms with E-state index in [0.717, 1.165) is 35.2 Å². The quantitative estimate of drug-likeness (QED) is 0.521. The molecule has 144 valence electrons. The van der Waals surface area contributed by atoms with Crippen molar-refractivity contribution in [3.8, 4) is 21.6 Å². The number of rotatable bonds is 4. The van der Waals surface area contributed by atoms with Crippen LogP contribution in [0.25, 0.3) is 21.6 Å². The number of hydrogen-bond donors (Lipinski definition) is 1. The highest BCUT2D eigenvalue weighted by molar-refractivity contribution is 7.15. The van der Waals surface area contributed by atoms with Crippen LogP contribution in [0.15, 0.2) is 61.2 Å².